The third-order valence-electron chi connectivity index (χ3n) is 5.10. The van der Waals surface area contributed by atoms with Crippen molar-refractivity contribution < 1.29 is 33.7 Å². The van der Waals surface area contributed by atoms with Crippen LogP contribution in [-0.4, -0.2) is 62.4 Å². The average molecular weight is 421 g/mol. The summed E-state index contributed by atoms with van der Waals surface area (Å²) < 4.78 is 16.5. The molecule has 0 saturated carbocycles. The molecule has 1 fully saturated rings. The largest absolute Gasteiger partial charge is 0.511 e. The quantitative estimate of drug-likeness (QED) is 0.431. The van der Waals surface area contributed by atoms with E-state index in [0.717, 1.165) is 5.69 Å². The van der Waals surface area contributed by atoms with Gasteiger partial charge in [0.2, 0.25) is 12.7 Å². The van der Waals surface area contributed by atoms with Crippen molar-refractivity contribution in [1.82, 2.24) is 14.7 Å². The van der Waals surface area contributed by atoms with Gasteiger partial charge in [0, 0.05) is 18.3 Å². The van der Waals surface area contributed by atoms with E-state index in [9.17, 15) is 19.5 Å². The van der Waals surface area contributed by atoms with Gasteiger partial charge in [-0.2, -0.15) is 5.10 Å². The van der Waals surface area contributed by atoms with Crippen LogP contribution in [0.1, 0.15) is 45.5 Å². The maximum absolute atomic E-state index is 12.8. The first-order chi connectivity index (χ1) is 13.9. The van der Waals surface area contributed by atoms with Crippen LogP contribution in [-0.2, 0) is 30.8 Å². The average Bonchev–Trinajstić information content (AvgIpc) is 3.10. The van der Waals surface area contributed by atoms with Crippen molar-refractivity contribution in [2.24, 2.45) is 13.0 Å². The molecule has 1 amide bonds. The molecule has 0 aromatic carbocycles. The van der Waals surface area contributed by atoms with E-state index in [1.54, 1.807) is 39.4 Å². The van der Waals surface area contributed by atoms with Gasteiger partial charge < -0.3 is 24.2 Å². The highest BCUT2D eigenvalue weighted by Crippen LogP contribution is 2.47. The molecule has 2 aliphatic rings. The molecule has 0 bridgehead atoms. The van der Waals surface area contributed by atoms with Crippen molar-refractivity contribution in [3.8, 4) is 0 Å². The van der Waals surface area contributed by atoms with Crippen LogP contribution in [0, 0.1) is 12.8 Å². The number of esters is 1. The Morgan fingerprint density at radius 3 is 2.53 bits per heavy atom. The SMILES string of the molecule is Cc1cc(C2=C(C(=O)OCOC(=O)OC(C)(C)C)N3C(=O)[C@H]([C@@H](C)O)[C@H]3C2)nn1C. The lowest BCUT2D eigenvalue weighted by Gasteiger charge is -2.44. The summed E-state index contributed by atoms with van der Waals surface area (Å²) in [6.45, 7) is 7.81. The van der Waals surface area contributed by atoms with Gasteiger partial charge >= 0.3 is 12.1 Å². The highest BCUT2D eigenvalue weighted by atomic mass is 16.8. The fourth-order valence-electron chi connectivity index (χ4n) is 3.67. The molecular formula is C20H27N3O7. The summed E-state index contributed by atoms with van der Waals surface area (Å²) >= 11 is 0. The van der Waals surface area contributed by atoms with Gasteiger partial charge in [0.1, 0.15) is 11.3 Å². The number of β-lactam (4-membered cyclic amide) rings is 1. The normalized spacial score (nSPS) is 21.8. The van der Waals surface area contributed by atoms with Crippen molar-refractivity contribution >= 4 is 23.6 Å². The van der Waals surface area contributed by atoms with Gasteiger partial charge in [-0.25, -0.2) is 9.59 Å². The topological polar surface area (TPSA) is 120 Å². The lowest BCUT2D eigenvalue weighted by Crippen LogP contribution is -2.61. The molecule has 0 aliphatic carbocycles. The van der Waals surface area contributed by atoms with Crippen molar-refractivity contribution in [3.63, 3.8) is 0 Å². The Balaban J connectivity index is 1.79. The molecule has 3 atom stereocenters. The molecule has 10 heteroatoms. The molecule has 1 saturated heterocycles. The van der Waals surface area contributed by atoms with Gasteiger partial charge in [-0.05, 0) is 47.1 Å². The Morgan fingerprint density at radius 2 is 2.00 bits per heavy atom. The molecule has 30 heavy (non-hydrogen) atoms. The van der Waals surface area contributed by atoms with Gasteiger partial charge in [0.05, 0.1) is 23.8 Å². The number of aromatic nitrogens is 2. The Kier molecular flexibility index (Phi) is 5.64. The van der Waals surface area contributed by atoms with Crippen molar-refractivity contribution in [2.45, 2.75) is 58.8 Å². The third-order valence-corrected chi connectivity index (χ3v) is 5.10. The number of aryl methyl sites for hydroxylation is 2. The standard InChI is InChI=1S/C20H27N3O7/c1-10-7-13(21-22(10)6)12-8-14-15(11(2)24)17(25)23(14)16(12)18(26)28-9-29-19(27)30-20(3,4)5/h7,11,14-15,24H,8-9H2,1-6H3/t11-,14-,15-/m1/s1. The number of carbonyl (C=O) groups excluding carboxylic acids is 3. The van der Waals surface area contributed by atoms with Crippen LogP contribution < -0.4 is 0 Å². The van der Waals surface area contributed by atoms with Crippen LogP contribution in [0.5, 0.6) is 0 Å². The lowest BCUT2D eigenvalue weighted by atomic mass is 9.83. The van der Waals surface area contributed by atoms with Crippen LogP contribution >= 0.6 is 0 Å². The molecule has 3 rings (SSSR count). The number of nitrogens with zero attached hydrogens (tertiary/aromatic N) is 3. The molecule has 0 spiro atoms. The summed E-state index contributed by atoms with van der Waals surface area (Å²) in [5.74, 6) is -1.75. The number of ether oxygens (including phenoxy) is 3. The second-order valence-corrected chi connectivity index (χ2v) is 8.53. The van der Waals surface area contributed by atoms with Gasteiger partial charge in [-0.1, -0.05) is 0 Å². The number of rotatable bonds is 5. The van der Waals surface area contributed by atoms with Crippen LogP contribution in [0.4, 0.5) is 4.79 Å². The Hall–Kier alpha value is -2.88. The number of hydrogen-bond acceptors (Lipinski definition) is 8. The van der Waals surface area contributed by atoms with E-state index in [-0.39, 0.29) is 17.6 Å². The first kappa shape index (κ1) is 21.8. The summed E-state index contributed by atoms with van der Waals surface area (Å²) in [6.07, 6.45) is -1.44. The van der Waals surface area contributed by atoms with Gasteiger partial charge in [0.25, 0.3) is 0 Å². The van der Waals surface area contributed by atoms with E-state index in [1.165, 1.54) is 4.90 Å². The summed E-state index contributed by atoms with van der Waals surface area (Å²) in [4.78, 5) is 38.3. The Morgan fingerprint density at radius 1 is 1.33 bits per heavy atom. The van der Waals surface area contributed by atoms with E-state index < -0.39 is 36.5 Å². The molecule has 0 unspecified atom stereocenters. The second kappa shape index (κ2) is 7.75. The van der Waals surface area contributed by atoms with E-state index in [1.807, 2.05) is 13.0 Å². The summed E-state index contributed by atoms with van der Waals surface area (Å²) in [5, 5.41) is 14.4. The molecule has 0 radical (unpaired) electrons. The first-order valence-electron chi connectivity index (χ1n) is 9.69. The summed E-state index contributed by atoms with van der Waals surface area (Å²) in [5.41, 5.74) is 1.31. The van der Waals surface area contributed by atoms with E-state index >= 15 is 0 Å². The van der Waals surface area contributed by atoms with Crippen molar-refractivity contribution in [1.29, 1.82) is 0 Å². The van der Waals surface area contributed by atoms with Crippen LogP contribution in [0.15, 0.2) is 11.8 Å². The minimum atomic E-state index is -0.969. The van der Waals surface area contributed by atoms with Crippen LogP contribution in [0.2, 0.25) is 0 Å². The fraction of sp³-hybridized carbons (Fsp3) is 0.600. The van der Waals surface area contributed by atoms with Gasteiger partial charge in [-0.15, -0.1) is 0 Å². The second-order valence-electron chi connectivity index (χ2n) is 8.53. The summed E-state index contributed by atoms with van der Waals surface area (Å²) in [6, 6.07) is 1.47. The number of fused-ring (bicyclic) bond motifs is 1. The van der Waals surface area contributed by atoms with Crippen LogP contribution in [0.25, 0.3) is 5.57 Å². The molecule has 1 aromatic heterocycles. The fourth-order valence-corrected chi connectivity index (χ4v) is 3.67. The van der Waals surface area contributed by atoms with Gasteiger partial charge in [-0.3, -0.25) is 9.48 Å². The minimum absolute atomic E-state index is 0.0628. The molecule has 10 nitrogen and oxygen atoms in total. The van der Waals surface area contributed by atoms with E-state index in [2.05, 4.69) is 5.10 Å². The Labute approximate surface area is 174 Å². The summed E-state index contributed by atoms with van der Waals surface area (Å²) in [7, 11) is 1.78. The molecule has 164 valence electrons. The zero-order valence-electron chi connectivity index (χ0n) is 18.0. The molecule has 1 N–H and O–H groups in total. The molecule has 1 aromatic rings. The highest BCUT2D eigenvalue weighted by molar-refractivity contribution is 6.06. The molecular weight excluding hydrogens is 394 g/mol. The minimum Gasteiger partial charge on any atom is -0.428 e. The first-order valence-corrected chi connectivity index (χ1v) is 9.69. The highest BCUT2D eigenvalue weighted by Gasteiger charge is 2.57. The monoisotopic (exact) mass is 421 g/mol. The predicted molar refractivity (Wildman–Crippen MR) is 104 cm³/mol. The number of hydrogen-bond donors (Lipinski definition) is 1. The number of aliphatic hydroxyl groups is 1. The molecule has 3 heterocycles. The lowest BCUT2D eigenvalue weighted by molar-refractivity contribution is -0.165. The molecule has 2 aliphatic heterocycles. The zero-order chi connectivity index (χ0) is 22.4. The zero-order valence-corrected chi connectivity index (χ0v) is 18.0. The number of aliphatic hydroxyl groups excluding tert-OH is 1. The smallest absolute Gasteiger partial charge is 0.428 e. The maximum Gasteiger partial charge on any atom is 0.511 e. The predicted octanol–water partition coefficient (Wildman–Crippen LogP) is 1.50. The van der Waals surface area contributed by atoms with Crippen molar-refractivity contribution in [3.05, 3.63) is 23.2 Å². The number of amides is 1. The maximum atomic E-state index is 12.8. The van der Waals surface area contributed by atoms with E-state index in [0.29, 0.717) is 17.7 Å². The number of carbonyl (C=O) groups is 3. The van der Waals surface area contributed by atoms with E-state index in [4.69, 9.17) is 14.2 Å². The third kappa shape index (κ3) is 4.04. The van der Waals surface area contributed by atoms with Gasteiger partial charge in [0.15, 0.2) is 0 Å². The van der Waals surface area contributed by atoms with Crippen molar-refractivity contribution in [2.75, 3.05) is 6.79 Å². The van der Waals surface area contributed by atoms with Crippen LogP contribution in [0.3, 0.4) is 0 Å². The Bertz CT molecular complexity index is 890.